The lowest BCUT2D eigenvalue weighted by molar-refractivity contribution is 0.756. The van der Waals surface area contributed by atoms with Crippen molar-refractivity contribution >= 4 is 5.65 Å². The van der Waals surface area contributed by atoms with Crippen molar-refractivity contribution in [2.24, 2.45) is 0 Å². The molecule has 1 atom stereocenters. The monoisotopic (exact) mass is 230 g/mol. The Morgan fingerprint density at radius 3 is 3.06 bits per heavy atom. The minimum absolute atomic E-state index is 0.379. The van der Waals surface area contributed by atoms with Gasteiger partial charge in [-0.3, -0.25) is 0 Å². The Kier molecular flexibility index (Phi) is 2.59. The van der Waals surface area contributed by atoms with E-state index in [-0.39, 0.29) is 0 Å². The van der Waals surface area contributed by atoms with Crippen molar-refractivity contribution in [3.05, 3.63) is 29.7 Å². The fourth-order valence-corrected chi connectivity index (χ4v) is 2.43. The molecule has 1 unspecified atom stereocenters. The lowest BCUT2D eigenvalue weighted by Gasteiger charge is -2.08. The summed E-state index contributed by atoms with van der Waals surface area (Å²) in [5.74, 6) is 1.90. The van der Waals surface area contributed by atoms with E-state index in [4.69, 9.17) is 0 Å². The predicted molar refractivity (Wildman–Crippen MR) is 67.3 cm³/mol. The second kappa shape index (κ2) is 4.11. The van der Waals surface area contributed by atoms with Crippen LogP contribution in [0.4, 0.5) is 0 Å². The molecule has 4 nitrogen and oxygen atoms in total. The van der Waals surface area contributed by atoms with Crippen molar-refractivity contribution in [3.63, 3.8) is 0 Å². The number of hydrogen-bond donors (Lipinski definition) is 1. The van der Waals surface area contributed by atoms with E-state index < -0.39 is 0 Å². The van der Waals surface area contributed by atoms with Crippen LogP contribution in [0.5, 0.6) is 0 Å². The molecule has 1 fully saturated rings. The number of fused-ring (bicyclic) bond motifs is 1. The Morgan fingerprint density at radius 2 is 2.35 bits per heavy atom. The van der Waals surface area contributed by atoms with Crippen molar-refractivity contribution in [2.75, 3.05) is 13.1 Å². The highest BCUT2D eigenvalue weighted by atomic mass is 15.3. The molecule has 1 saturated heterocycles. The fourth-order valence-electron chi connectivity index (χ4n) is 2.43. The largest absolute Gasteiger partial charge is 0.316 e. The molecule has 17 heavy (non-hydrogen) atoms. The van der Waals surface area contributed by atoms with Crippen LogP contribution in [0, 0.1) is 0 Å². The molecule has 0 saturated carbocycles. The molecule has 0 aromatic carbocycles. The molecule has 3 rings (SSSR count). The van der Waals surface area contributed by atoms with Crippen LogP contribution in [-0.4, -0.2) is 27.7 Å². The second-order valence-electron chi connectivity index (χ2n) is 5.05. The zero-order valence-corrected chi connectivity index (χ0v) is 10.3. The van der Waals surface area contributed by atoms with Crippen LogP contribution in [-0.2, 0) is 0 Å². The standard InChI is InChI=1S/C13H18N4/c1-9(2)12-15-13-11(10-5-6-14-8-10)4-3-7-17(13)16-12/h3-4,7,9-10,14H,5-6,8H2,1-2H3. The Labute approximate surface area is 101 Å². The van der Waals surface area contributed by atoms with E-state index in [1.807, 2.05) is 10.7 Å². The van der Waals surface area contributed by atoms with E-state index in [1.165, 1.54) is 12.0 Å². The summed E-state index contributed by atoms with van der Waals surface area (Å²) in [7, 11) is 0. The van der Waals surface area contributed by atoms with Gasteiger partial charge in [-0.05, 0) is 19.0 Å². The third-order valence-electron chi connectivity index (χ3n) is 3.43. The summed E-state index contributed by atoms with van der Waals surface area (Å²) < 4.78 is 1.92. The summed E-state index contributed by atoms with van der Waals surface area (Å²) in [6.45, 7) is 6.43. The maximum absolute atomic E-state index is 4.68. The van der Waals surface area contributed by atoms with Crippen molar-refractivity contribution in [1.29, 1.82) is 0 Å². The van der Waals surface area contributed by atoms with Gasteiger partial charge in [0.1, 0.15) is 0 Å². The zero-order chi connectivity index (χ0) is 11.8. The minimum atomic E-state index is 0.379. The van der Waals surface area contributed by atoms with Crippen molar-refractivity contribution in [3.8, 4) is 0 Å². The first kappa shape index (κ1) is 10.7. The van der Waals surface area contributed by atoms with Crippen LogP contribution in [0.2, 0.25) is 0 Å². The SMILES string of the molecule is CC(C)c1nc2c(C3CCNC3)cccn2n1. The summed E-state index contributed by atoms with van der Waals surface area (Å²) in [5, 5.41) is 7.94. The lowest BCUT2D eigenvalue weighted by atomic mass is 10.00. The predicted octanol–water partition coefficient (Wildman–Crippen LogP) is 1.93. The van der Waals surface area contributed by atoms with Gasteiger partial charge in [0.05, 0.1) is 0 Å². The van der Waals surface area contributed by atoms with Crippen LogP contribution >= 0.6 is 0 Å². The first-order valence-corrected chi connectivity index (χ1v) is 6.31. The number of hydrogen-bond acceptors (Lipinski definition) is 3. The maximum Gasteiger partial charge on any atom is 0.159 e. The van der Waals surface area contributed by atoms with Gasteiger partial charge in [0.2, 0.25) is 0 Å². The van der Waals surface area contributed by atoms with Gasteiger partial charge in [-0.2, -0.15) is 5.10 Å². The summed E-state index contributed by atoms with van der Waals surface area (Å²) >= 11 is 0. The van der Waals surface area contributed by atoms with Crippen LogP contribution < -0.4 is 5.32 Å². The molecule has 0 radical (unpaired) electrons. The maximum atomic E-state index is 4.68. The molecule has 1 aliphatic rings. The van der Waals surface area contributed by atoms with Gasteiger partial charge in [-0.15, -0.1) is 0 Å². The lowest BCUT2D eigenvalue weighted by Crippen LogP contribution is -2.08. The van der Waals surface area contributed by atoms with Gasteiger partial charge in [-0.1, -0.05) is 19.9 Å². The Bertz CT molecular complexity index is 523. The van der Waals surface area contributed by atoms with Crippen molar-refractivity contribution in [2.45, 2.75) is 32.1 Å². The van der Waals surface area contributed by atoms with E-state index in [0.29, 0.717) is 11.8 Å². The third kappa shape index (κ3) is 1.82. The van der Waals surface area contributed by atoms with Crippen molar-refractivity contribution in [1.82, 2.24) is 19.9 Å². The normalized spacial score (nSPS) is 20.5. The Hall–Kier alpha value is -1.42. The number of aromatic nitrogens is 3. The van der Waals surface area contributed by atoms with Gasteiger partial charge < -0.3 is 5.32 Å². The minimum Gasteiger partial charge on any atom is -0.316 e. The molecular weight excluding hydrogens is 212 g/mol. The molecule has 90 valence electrons. The quantitative estimate of drug-likeness (QED) is 0.857. The summed E-state index contributed by atoms with van der Waals surface area (Å²) in [6.07, 6.45) is 3.18. The van der Waals surface area contributed by atoms with Gasteiger partial charge in [0, 0.05) is 30.1 Å². The Morgan fingerprint density at radius 1 is 1.47 bits per heavy atom. The molecule has 2 aromatic heterocycles. The van der Waals surface area contributed by atoms with Crippen LogP contribution in [0.25, 0.3) is 5.65 Å². The average molecular weight is 230 g/mol. The van der Waals surface area contributed by atoms with Gasteiger partial charge >= 0.3 is 0 Å². The van der Waals surface area contributed by atoms with E-state index in [2.05, 4.69) is 41.4 Å². The second-order valence-corrected chi connectivity index (χ2v) is 5.05. The summed E-state index contributed by atoms with van der Waals surface area (Å²) in [5.41, 5.74) is 2.36. The third-order valence-corrected chi connectivity index (χ3v) is 3.43. The molecular formula is C13H18N4. The van der Waals surface area contributed by atoms with Crippen LogP contribution in [0.15, 0.2) is 18.3 Å². The molecule has 0 bridgehead atoms. The van der Waals surface area contributed by atoms with Crippen molar-refractivity contribution < 1.29 is 0 Å². The molecule has 1 aliphatic heterocycles. The highest BCUT2D eigenvalue weighted by Crippen LogP contribution is 2.26. The number of pyridine rings is 1. The van der Waals surface area contributed by atoms with E-state index in [0.717, 1.165) is 24.6 Å². The van der Waals surface area contributed by atoms with E-state index in [1.54, 1.807) is 0 Å². The molecule has 4 heteroatoms. The first-order valence-electron chi connectivity index (χ1n) is 6.31. The Balaban J connectivity index is 2.11. The van der Waals surface area contributed by atoms with E-state index >= 15 is 0 Å². The topological polar surface area (TPSA) is 42.2 Å². The first-order chi connectivity index (χ1) is 8.25. The van der Waals surface area contributed by atoms with E-state index in [9.17, 15) is 0 Å². The van der Waals surface area contributed by atoms with Gasteiger partial charge in [0.15, 0.2) is 11.5 Å². The smallest absolute Gasteiger partial charge is 0.159 e. The number of rotatable bonds is 2. The van der Waals surface area contributed by atoms with Gasteiger partial charge in [-0.25, -0.2) is 9.50 Å². The fraction of sp³-hybridized carbons (Fsp3) is 0.538. The molecule has 1 N–H and O–H groups in total. The van der Waals surface area contributed by atoms with Gasteiger partial charge in [0.25, 0.3) is 0 Å². The summed E-state index contributed by atoms with van der Waals surface area (Å²) in [4.78, 5) is 4.68. The highest BCUT2D eigenvalue weighted by Gasteiger charge is 2.20. The molecule has 3 heterocycles. The number of nitrogens with one attached hydrogen (secondary N) is 1. The average Bonchev–Trinajstić information content (AvgIpc) is 2.97. The number of nitrogens with zero attached hydrogens (tertiary/aromatic N) is 3. The van der Waals surface area contributed by atoms with Crippen LogP contribution in [0.3, 0.4) is 0 Å². The molecule has 0 amide bonds. The zero-order valence-electron chi connectivity index (χ0n) is 10.3. The molecule has 0 spiro atoms. The molecule has 0 aliphatic carbocycles. The van der Waals surface area contributed by atoms with Crippen LogP contribution in [0.1, 0.15) is 43.5 Å². The summed E-state index contributed by atoms with van der Waals surface area (Å²) in [6, 6.07) is 4.26. The highest BCUT2D eigenvalue weighted by molar-refractivity contribution is 5.49. The molecule has 2 aromatic rings.